The molecule has 0 amide bonds. The second-order valence-electron chi connectivity index (χ2n) is 3.04. The van der Waals surface area contributed by atoms with Crippen molar-refractivity contribution in [3.05, 3.63) is 22.3 Å². The molecule has 0 saturated carbocycles. The van der Waals surface area contributed by atoms with Gasteiger partial charge in [-0.1, -0.05) is 0 Å². The van der Waals surface area contributed by atoms with Crippen molar-refractivity contribution in [3.8, 4) is 0 Å². The number of furan rings is 1. The summed E-state index contributed by atoms with van der Waals surface area (Å²) in [7, 11) is 0. The fourth-order valence-electron chi connectivity index (χ4n) is 1.42. The average molecular weight is 197 g/mol. The average Bonchev–Trinajstić information content (AvgIpc) is 2.27. The van der Waals surface area contributed by atoms with Crippen LogP contribution in [0.3, 0.4) is 0 Å². The highest BCUT2D eigenvalue weighted by atomic mass is 35.5. The Balaban J connectivity index is 2.94. The fourth-order valence-corrected chi connectivity index (χ4v) is 1.62. The third-order valence-electron chi connectivity index (χ3n) is 2.18. The maximum Gasteiger partial charge on any atom is 0.231 e. The zero-order valence-electron chi connectivity index (χ0n) is 7.68. The molecule has 0 saturated heterocycles. The molecule has 0 spiro atoms. The fraction of sp³-hybridized carbons (Fsp3) is 0.333. The lowest BCUT2D eigenvalue weighted by Gasteiger charge is -1.94. The van der Waals surface area contributed by atoms with Gasteiger partial charge in [-0.25, -0.2) is 4.98 Å². The molecule has 3 nitrogen and oxygen atoms in total. The Morgan fingerprint density at radius 1 is 1.15 bits per heavy atom. The highest BCUT2D eigenvalue weighted by molar-refractivity contribution is 6.28. The van der Waals surface area contributed by atoms with Crippen LogP contribution < -0.4 is 0 Å². The molecule has 0 fully saturated rings. The molecule has 0 atom stereocenters. The Kier molecular flexibility index (Phi) is 1.77. The van der Waals surface area contributed by atoms with Crippen molar-refractivity contribution >= 4 is 22.7 Å². The van der Waals surface area contributed by atoms with Crippen LogP contribution in [0.25, 0.3) is 11.1 Å². The number of aryl methyl sites for hydroxylation is 3. The van der Waals surface area contributed by atoms with Gasteiger partial charge in [-0.15, -0.1) is 0 Å². The smallest absolute Gasteiger partial charge is 0.231 e. The molecule has 2 aromatic rings. The Bertz CT molecular complexity index is 476. The second kappa shape index (κ2) is 2.70. The van der Waals surface area contributed by atoms with Crippen molar-refractivity contribution in [3.63, 3.8) is 0 Å². The van der Waals surface area contributed by atoms with E-state index in [1.54, 1.807) is 0 Å². The lowest BCUT2D eigenvalue weighted by molar-refractivity contribution is 0.563. The molecular formula is C9H9ClN2O. The van der Waals surface area contributed by atoms with Gasteiger partial charge in [0.1, 0.15) is 5.76 Å². The van der Waals surface area contributed by atoms with Crippen LogP contribution in [0.5, 0.6) is 0 Å². The summed E-state index contributed by atoms with van der Waals surface area (Å²) in [5.41, 5.74) is 2.53. The van der Waals surface area contributed by atoms with Crippen molar-refractivity contribution in [1.82, 2.24) is 9.97 Å². The Morgan fingerprint density at radius 3 is 2.54 bits per heavy atom. The molecule has 68 valence electrons. The summed E-state index contributed by atoms with van der Waals surface area (Å²) in [6, 6.07) is 0. The van der Waals surface area contributed by atoms with E-state index >= 15 is 0 Å². The summed E-state index contributed by atoms with van der Waals surface area (Å²) in [4.78, 5) is 8.08. The van der Waals surface area contributed by atoms with Gasteiger partial charge in [0.25, 0.3) is 0 Å². The SMILES string of the molecule is Cc1oc2nc(Cl)nc(C)c2c1C. The topological polar surface area (TPSA) is 38.9 Å². The van der Waals surface area contributed by atoms with Gasteiger partial charge in [0, 0.05) is 5.56 Å². The molecular weight excluding hydrogens is 188 g/mol. The van der Waals surface area contributed by atoms with E-state index in [2.05, 4.69) is 9.97 Å². The van der Waals surface area contributed by atoms with Gasteiger partial charge in [0.2, 0.25) is 11.0 Å². The summed E-state index contributed by atoms with van der Waals surface area (Å²) in [5, 5.41) is 1.21. The molecule has 0 N–H and O–H groups in total. The lowest BCUT2D eigenvalue weighted by Crippen LogP contribution is -1.87. The molecule has 0 unspecified atom stereocenters. The first kappa shape index (κ1) is 8.51. The van der Waals surface area contributed by atoms with Crippen molar-refractivity contribution in [2.45, 2.75) is 20.8 Å². The summed E-state index contributed by atoms with van der Waals surface area (Å²) < 4.78 is 5.42. The largest absolute Gasteiger partial charge is 0.443 e. The summed E-state index contributed by atoms with van der Waals surface area (Å²) in [6.45, 7) is 5.80. The van der Waals surface area contributed by atoms with Crippen molar-refractivity contribution in [2.75, 3.05) is 0 Å². The van der Waals surface area contributed by atoms with E-state index in [0.29, 0.717) is 5.71 Å². The second-order valence-corrected chi connectivity index (χ2v) is 3.38. The van der Waals surface area contributed by atoms with E-state index < -0.39 is 0 Å². The molecule has 2 aromatic heterocycles. The maximum absolute atomic E-state index is 5.70. The van der Waals surface area contributed by atoms with Gasteiger partial charge in [-0.2, -0.15) is 4.98 Å². The van der Waals surface area contributed by atoms with Gasteiger partial charge in [-0.3, -0.25) is 0 Å². The lowest BCUT2D eigenvalue weighted by atomic mass is 10.2. The first-order chi connectivity index (χ1) is 6.09. The molecule has 13 heavy (non-hydrogen) atoms. The normalized spacial score (nSPS) is 11.1. The highest BCUT2D eigenvalue weighted by Gasteiger charge is 2.12. The number of hydrogen-bond donors (Lipinski definition) is 0. The predicted molar refractivity (Wildman–Crippen MR) is 51.0 cm³/mol. The van der Waals surface area contributed by atoms with E-state index in [1.807, 2.05) is 20.8 Å². The van der Waals surface area contributed by atoms with Crippen molar-refractivity contribution < 1.29 is 4.42 Å². The van der Waals surface area contributed by atoms with Gasteiger partial charge in [0.15, 0.2) is 0 Å². The molecule has 0 aliphatic rings. The molecule has 0 aromatic carbocycles. The molecule has 0 bridgehead atoms. The molecule has 2 heterocycles. The van der Waals surface area contributed by atoms with Crippen LogP contribution in [0.4, 0.5) is 0 Å². The number of aromatic nitrogens is 2. The Labute approximate surface area is 80.7 Å². The summed E-state index contributed by atoms with van der Waals surface area (Å²) >= 11 is 5.70. The van der Waals surface area contributed by atoms with Crippen LogP contribution in [-0.4, -0.2) is 9.97 Å². The van der Waals surface area contributed by atoms with Crippen LogP contribution in [0.1, 0.15) is 17.0 Å². The minimum atomic E-state index is 0.235. The van der Waals surface area contributed by atoms with E-state index in [4.69, 9.17) is 16.0 Å². The zero-order valence-corrected chi connectivity index (χ0v) is 8.44. The van der Waals surface area contributed by atoms with Crippen molar-refractivity contribution in [2.24, 2.45) is 0 Å². The van der Waals surface area contributed by atoms with E-state index in [-0.39, 0.29) is 5.28 Å². The quantitative estimate of drug-likeness (QED) is 0.609. The molecule has 0 radical (unpaired) electrons. The Morgan fingerprint density at radius 2 is 1.85 bits per heavy atom. The van der Waals surface area contributed by atoms with E-state index in [1.165, 1.54) is 0 Å². The zero-order chi connectivity index (χ0) is 9.59. The highest BCUT2D eigenvalue weighted by Crippen LogP contribution is 2.25. The number of halogens is 1. The Hall–Kier alpha value is -1.09. The van der Waals surface area contributed by atoms with Gasteiger partial charge < -0.3 is 4.42 Å². The number of nitrogens with zero attached hydrogens (tertiary/aromatic N) is 2. The number of hydrogen-bond acceptors (Lipinski definition) is 3. The van der Waals surface area contributed by atoms with E-state index in [0.717, 1.165) is 22.4 Å². The molecule has 4 heteroatoms. The summed E-state index contributed by atoms with van der Waals surface area (Å²) in [6.07, 6.45) is 0. The minimum absolute atomic E-state index is 0.235. The third kappa shape index (κ3) is 1.20. The molecule has 0 aliphatic heterocycles. The van der Waals surface area contributed by atoms with Crippen LogP contribution in [-0.2, 0) is 0 Å². The first-order valence-electron chi connectivity index (χ1n) is 3.99. The van der Waals surface area contributed by atoms with Gasteiger partial charge in [0.05, 0.1) is 11.1 Å². The summed E-state index contributed by atoms with van der Waals surface area (Å²) in [5.74, 6) is 0.870. The van der Waals surface area contributed by atoms with Crippen LogP contribution in [0, 0.1) is 20.8 Å². The molecule has 0 aliphatic carbocycles. The maximum atomic E-state index is 5.70. The van der Waals surface area contributed by atoms with Crippen molar-refractivity contribution in [1.29, 1.82) is 0 Å². The predicted octanol–water partition coefficient (Wildman–Crippen LogP) is 2.80. The standard InChI is InChI=1S/C9H9ClN2O/c1-4-6(3)13-8-7(4)5(2)11-9(10)12-8/h1-3H3. The van der Waals surface area contributed by atoms with E-state index in [9.17, 15) is 0 Å². The van der Waals surface area contributed by atoms with Crippen LogP contribution in [0.2, 0.25) is 5.28 Å². The number of fused-ring (bicyclic) bond motifs is 1. The first-order valence-corrected chi connectivity index (χ1v) is 4.37. The van der Waals surface area contributed by atoms with Crippen LogP contribution >= 0.6 is 11.6 Å². The van der Waals surface area contributed by atoms with Gasteiger partial charge in [-0.05, 0) is 32.4 Å². The van der Waals surface area contributed by atoms with Gasteiger partial charge >= 0.3 is 0 Å². The molecule has 2 rings (SSSR count). The minimum Gasteiger partial charge on any atom is -0.443 e. The third-order valence-corrected chi connectivity index (χ3v) is 2.35. The monoisotopic (exact) mass is 196 g/mol. The van der Waals surface area contributed by atoms with Crippen LogP contribution in [0.15, 0.2) is 4.42 Å². The number of rotatable bonds is 0.